The van der Waals surface area contributed by atoms with E-state index in [1.807, 2.05) is 0 Å². The molecule has 0 aliphatic carbocycles. The minimum absolute atomic E-state index is 0.0337. The number of carbonyl (C=O) groups is 2. The van der Waals surface area contributed by atoms with Crippen molar-refractivity contribution in [1.82, 2.24) is 0 Å². The molecule has 0 unspecified atom stereocenters. The van der Waals surface area contributed by atoms with Crippen LogP contribution in [0.2, 0.25) is 0 Å². The molecule has 0 saturated heterocycles. The van der Waals surface area contributed by atoms with Crippen LogP contribution in [-0.4, -0.2) is 18.2 Å². The highest BCUT2D eigenvalue weighted by Crippen LogP contribution is 2.35. The third-order valence-electron chi connectivity index (χ3n) is 4.84. The van der Waals surface area contributed by atoms with E-state index in [0.29, 0.717) is 11.3 Å². The van der Waals surface area contributed by atoms with Crippen LogP contribution in [0.1, 0.15) is 11.1 Å². The van der Waals surface area contributed by atoms with Crippen LogP contribution in [0.5, 0.6) is 5.75 Å². The molecule has 3 aromatic carbocycles. The van der Waals surface area contributed by atoms with Crippen molar-refractivity contribution in [2.24, 2.45) is 0 Å². The first kappa shape index (κ1) is 21.2. The van der Waals surface area contributed by atoms with E-state index < -0.39 is 23.9 Å². The molecule has 5 nitrogen and oxygen atoms in total. The first-order chi connectivity index (χ1) is 15.2. The highest BCUT2D eigenvalue weighted by atomic mass is 19.4. The number of benzene rings is 3. The molecule has 0 atom stereocenters. The number of hydrogen-bond acceptors (Lipinski definition) is 4. The molecule has 32 heavy (non-hydrogen) atoms. The Bertz CT molecular complexity index is 1220. The second-order valence-electron chi connectivity index (χ2n) is 7.05. The Labute approximate surface area is 181 Å². The molecule has 0 spiro atoms. The van der Waals surface area contributed by atoms with Crippen LogP contribution in [0.4, 0.5) is 24.5 Å². The molecule has 4 rings (SSSR count). The van der Waals surface area contributed by atoms with Gasteiger partial charge in [0.25, 0.3) is 11.8 Å². The van der Waals surface area contributed by atoms with Crippen molar-refractivity contribution in [3.8, 4) is 5.75 Å². The monoisotopic (exact) mass is 438 g/mol. The summed E-state index contributed by atoms with van der Waals surface area (Å²) in [5.41, 5.74) is 1.93. The maximum Gasteiger partial charge on any atom is 0.573 e. The van der Waals surface area contributed by atoms with E-state index in [1.165, 1.54) is 12.1 Å². The quantitative estimate of drug-likeness (QED) is 0.550. The van der Waals surface area contributed by atoms with E-state index in [4.69, 9.17) is 0 Å². The first-order valence-electron chi connectivity index (χ1n) is 9.61. The molecule has 1 N–H and O–H groups in total. The fourth-order valence-corrected chi connectivity index (χ4v) is 3.47. The molecule has 0 saturated carbocycles. The van der Waals surface area contributed by atoms with Gasteiger partial charge in [-0.05, 0) is 36.2 Å². The number of aryl methyl sites for hydroxylation is 1. The zero-order chi connectivity index (χ0) is 22.9. The van der Waals surface area contributed by atoms with Gasteiger partial charge in [-0.15, -0.1) is 13.2 Å². The average molecular weight is 438 g/mol. The Morgan fingerprint density at radius 3 is 2.22 bits per heavy atom. The number of alkyl halides is 3. The van der Waals surface area contributed by atoms with Gasteiger partial charge in [-0.1, -0.05) is 54.6 Å². The standard InChI is InChI=1S/C24H17F3N2O3/c1-15-8-5-6-13-19(15)29-22(30)20(16-9-3-2-4-10-16)21(23(29)31)28-17-11-7-12-18(14-17)32-24(25,26)27/h2-14,28H,1H3. The van der Waals surface area contributed by atoms with Gasteiger partial charge in [-0.3, -0.25) is 9.59 Å². The molecular weight excluding hydrogens is 421 g/mol. The molecule has 1 heterocycles. The largest absolute Gasteiger partial charge is 0.573 e. The molecule has 2 amide bonds. The van der Waals surface area contributed by atoms with Gasteiger partial charge >= 0.3 is 6.36 Å². The van der Waals surface area contributed by atoms with Crippen molar-refractivity contribution in [2.75, 3.05) is 10.2 Å². The first-order valence-corrected chi connectivity index (χ1v) is 9.61. The number of anilines is 2. The predicted octanol–water partition coefficient (Wildman–Crippen LogP) is 5.29. The minimum Gasteiger partial charge on any atom is -0.406 e. The van der Waals surface area contributed by atoms with Crippen LogP contribution in [-0.2, 0) is 9.59 Å². The van der Waals surface area contributed by atoms with Crippen LogP contribution in [0.25, 0.3) is 5.57 Å². The molecule has 0 aromatic heterocycles. The number of nitrogens with zero attached hydrogens (tertiary/aromatic N) is 1. The Hall–Kier alpha value is -4.07. The third-order valence-corrected chi connectivity index (χ3v) is 4.84. The van der Waals surface area contributed by atoms with E-state index in [2.05, 4.69) is 10.1 Å². The molecule has 162 valence electrons. The van der Waals surface area contributed by atoms with E-state index in [9.17, 15) is 22.8 Å². The van der Waals surface area contributed by atoms with Gasteiger partial charge in [0.1, 0.15) is 11.4 Å². The number of imide groups is 1. The van der Waals surface area contributed by atoms with E-state index in [-0.39, 0.29) is 17.0 Å². The number of nitrogens with one attached hydrogen (secondary N) is 1. The zero-order valence-corrected chi connectivity index (χ0v) is 16.8. The van der Waals surface area contributed by atoms with E-state index >= 15 is 0 Å². The van der Waals surface area contributed by atoms with Crippen LogP contribution in [0, 0.1) is 6.92 Å². The summed E-state index contributed by atoms with van der Waals surface area (Å²) in [6, 6.07) is 20.6. The number of ether oxygens (including phenoxy) is 1. The fourth-order valence-electron chi connectivity index (χ4n) is 3.47. The molecule has 0 fully saturated rings. The lowest BCUT2D eigenvalue weighted by atomic mass is 10.0. The number of carbonyl (C=O) groups excluding carboxylic acids is 2. The number of amides is 2. The Kier molecular flexibility index (Phi) is 5.44. The van der Waals surface area contributed by atoms with Crippen LogP contribution >= 0.6 is 0 Å². The van der Waals surface area contributed by atoms with Crippen LogP contribution in [0.15, 0.2) is 84.6 Å². The van der Waals surface area contributed by atoms with Crippen molar-refractivity contribution in [3.63, 3.8) is 0 Å². The van der Waals surface area contributed by atoms with Gasteiger partial charge in [0, 0.05) is 11.8 Å². The summed E-state index contributed by atoms with van der Waals surface area (Å²) in [4.78, 5) is 27.8. The lowest BCUT2D eigenvalue weighted by molar-refractivity contribution is -0.274. The minimum atomic E-state index is -4.85. The summed E-state index contributed by atoms with van der Waals surface area (Å²) in [5, 5.41) is 2.84. The van der Waals surface area contributed by atoms with Crippen molar-refractivity contribution < 1.29 is 27.5 Å². The predicted molar refractivity (Wildman–Crippen MR) is 114 cm³/mol. The second-order valence-corrected chi connectivity index (χ2v) is 7.05. The zero-order valence-electron chi connectivity index (χ0n) is 16.8. The Morgan fingerprint density at radius 1 is 0.844 bits per heavy atom. The number of halogens is 3. The summed E-state index contributed by atoms with van der Waals surface area (Å²) in [5.74, 6) is -1.58. The number of rotatable bonds is 5. The number of hydrogen-bond donors (Lipinski definition) is 1. The lowest BCUT2D eigenvalue weighted by Crippen LogP contribution is -2.33. The maximum atomic E-state index is 13.4. The summed E-state index contributed by atoms with van der Waals surface area (Å²) in [6.45, 7) is 1.78. The van der Waals surface area contributed by atoms with Gasteiger partial charge in [-0.25, -0.2) is 4.90 Å². The SMILES string of the molecule is Cc1ccccc1N1C(=O)C(Nc2cccc(OC(F)(F)F)c2)=C(c2ccccc2)C1=O. The van der Waals surface area contributed by atoms with Gasteiger partial charge in [-0.2, -0.15) is 0 Å². The van der Waals surface area contributed by atoms with Gasteiger partial charge < -0.3 is 10.1 Å². The molecule has 3 aromatic rings. The molecule has 0 radical (unpaired) electrons. The second kappa shape index (κ2) is 8.22. The summed E-state index contributed by atoms with van der Waals surface area (Å²) >= 11 is 0. The van der Waals surface area contributed by atoms with Crippen LogP contribution < -0.4 is 15.0 Å². The van der Waals surface area contributed by atoms with Crippen molar-refractivity contribution in [1.29, 1.82) is 0 Å². The summed E-state index contributed by atoms with van der Waals surface area (Å²) < 4.78 is 41.7. The molecule has 1 aliphatic heterocycles. The molecule has 1 aliphatic rings. The fraction of sp³-hybridized carbons (Fsp3) is 0.0833. The smallest absolute Gasteiger partial charge is 0.406 e. The highest BCUT2D eigenvalue weighted by Gasteiger charge is 2.40. The molecule has 8 heteroatoms. The topological polar surface area (TPSA) is 58.6 Å². The van der Waals surface area contributed by atoms with Gasteiger partial charge in [0.2, 0.25) is 0 Å². The van der Waals surface area contributed by atoms with Crippen LogP contribution in [0.3, 0.4) is 0 Å². The Morgan fingerprint density at radius 2 is 1.53 bits per heavy atom. The van der Waals surface area contributed by atoms with Crippen molar-refractivity contribution >= 4 is 28.8 Å². The van der Waals surface area contributed by atoms with E-state index in [0.717, 1.165) is 22.6 Å². The lowest BCUT2D eigenvalue weighted by Gasteiger charge is -2.17. The molecular formula is C24H17F3N2O3. The van der Waals surface area contributed by atoms with Crippen molar-refractivity contribution in [3.05, 3.63) is 95.7 Å². The normalized spacial score (nSPS) is 14.2. The Balaban J connectivity index is 1.77. The molecule has 0 bridgehead atoms. The number of para-hydroxylation sites is 1. The van der Waals surface area contributed by atoms with Gasteiger partial charge in [0.15, 0.2) is 0 Å². The van der Waals surface area contributed by atoms with Gasteiger partial charge in [0.05, 0.1) is 11.3 Å². The highest BCUT2D eigenvalue weighted by molar-refractivity contribution is 6.46. The van der Waals surface area contributed by atoms with E-state index in [1.54, 1.807) is 61.5 Å². The van der Waals surface area contributed by atoms with Crippen molar-refractivity contribution in [2.45, 2.75) is 13.3 Å². The third kappa shape index (κ3) is 4.20. The average Bonchev–Trinajstić information content (AvgIpc) is 2.98. The summed E-state index contributed by atoms with van der Waals surface area (Å²) in [7, 11) is 0. The summed E-state index contributed by atoms with van der Waals surface area (Å²) in [6.07, 6.45) is -4.85. The maximum absolute atomic E-state index is 13.4.